The predicted octanol–water partition coefficient (Wildman–Crippen LogP) is 0.720. The van der Waals surface area contributed by atoms with Crippen LogP contribution in [0.4, 0.5) is 0 Å². The standard InChI is InChI=1S/C8H12N2O3/c1-11-5-7-9-10-8(13-7)6-2-3-12-4-6/h6H,2-5H2,1H3. The van der Waals surface area contributed by atoms with Gasteiger partial charge in [-0.2, -0.15) is 0 Å². The number of rotatable bonds is 3. The molecule has 0 aliphatic carbocycles. The summed E-state index contributed by atoms with van der Waals surface area (Å²) in [6, 6.07) is 0. The molecule has 1 unspecified atom stereocenters. The molecule has 5 nitrogen and oxygen atoms in total. The number of methoxy groups -OCH3 is 1. The van der Waals surface area contributed by atoms with Crippen molar-refractivity contribution >= 4 is 0 Å². The van der Waals surface area contributed by atoms with Crippen molar-refractivity contribution in [2.24, 2.45) is 0 Å². The Morgan fingerprint density at radius 2 is 2.46 bits per heavy atom. The fraction of sp³-hybridized carbons (Fsp3) is 0.750. The molecule has 2 rings (SSSR count). The Hall–Kier alpha value is -0.940. The van der Waals surface area contributed by atoms with Crippen LogP contribution >= 0.6 is 0 Å². The molecule has 1 aromatic rings. The molecule has 0 bridgehead atoms. The maximum Gasteiger partial charge on any atom is 0.242 e. The highest BCUT2D eigenvalue weighted by Gasteiger charge is 2.23. The van der Waals surface area contributed by atoms with Gasteiger partial charge in [-0.1, -0.05) is 0 Å². The van der Waals surface area contributed by atoms with Crippen LogP contribution in [0, 0.1) is 0 Å². The summed E-state index contributed by atoms with van der Waals surface area (Å²) in [4.78, 5) is 0. The molecule has 1 aliphatic heterocycles. The predicted molar refractivity (Wildman–Crippen MR) is 43.2 cm³/mol. The molecule has 5 heteroatoms. The lowest BCUT2D eigenvalue weighted by Crippen LogP contribution is -1.97. The van der Waals surface area contributed by atoms with E-state index >= 15 is 0 Å². The van der Waals surface area contributed by atoms with Gasteiger partial charge < -0.3 is 13.9 Å². The van der Waals surface area contributed by atoms with Crippen LogP contribution in [-0.2, 0) is 16.1 Å². The first-order chi connectivity index (χ1) is 6.40. The second kappa shape index (κ2) is 3.85. The van der Waals surface area contributed by atoms with Gasteiger partial charge in [-0.3, -0.25) is 0 Å². The normalized spacial score (nSPS) is 22.4. The van der Waals surface area contributed by atoms with Gasteiger partial charge >= 0.3 is 0 Å². The first kappa shape index (κ1) is 8.65. The number of nitrogens with zero attached hydrogens (tertiary/aromatic N) is 2. The molecule has 1 fully saturated rings. The largest absolute Gasteiger partial charge is 0.422 e. The minimum absolute atomic E-state index is 0.276. The van der Waals surface area contributed by atoms with Crippen LogP contribution in [0.5, 0.6) is 0 Å². The van der Waals surface area contributed by atoms with E-state index in [2.05, 4.69) is 10.2 Å². The van der Waals surface area contributed by atoms with Crippen LogP contribution in [0.25, 0.3) is 0 Å². The average Bonchev–Trinajstić information content (AvgIpc) is 2.70. The molecule has 1 saturated heterocycles. The molecule has 2 heterocycles. The van der Waals surface area contributed by atoms with Crippen LogP contribution in [0.2, 0.25) is 0 Å². The zero-order chi connectivity index (χ0) is 9.10. The maximum atomic E-state index is 5.38. The summed E-state index contributed by atoms with van der Waals surface area (Å²) in [6.07, 6.45) is 0.967. The molecule has 0 aromatic carbocycles. The molecule has 0 spiro atoms. The summed E-state index contributed by atoms with van der Waals surface area (Å²) in [5.41, 5.74) is 0. The minimum Gasteiger partial charge on any atom is -0.422 e. The fourth-order valence-electron chi connectivity index (χ4n) is 1.34. The summed E-state index contributed by atoms with van der Waals surface area (Å²) in [6.45, 7) is 1.85. The first-order valence-corrected chi connectivity index (χ1v) is 4.29. The fourth-order valence-corrected chi connectivity index (χ4v) is 1.34. The average molecular weight is 184 g/mol. The summed E-state index contributed by atoms with van der Waals surface area (Å²) in [7, 11) is 1.60. The molecular weight excluding hydrogens is 172 g/mol. The molecule has 0 saturated carbocycles. The number of hydrogen-bond donors (Lipinski definition) is 0. The maximum absolute atomic E-state index is 5.38. The van der Waals surface area contributed by atoms with Gasteiger partial charge in [0.15, 0.2) is 0 Å². The monoisotopic (exact) mass is 184 g/mol. The summed E-state index contributed by atoms with van der Waals surface area (Å²) < 4.78 is 15.5. The van der Waals surface area contributed by atoms with E-state index in [4.69, 9.17) is 13.9 Å². The van der Waals surface area contributed by atoms with Gasteiger partial charge in [0.25, 0.3) is 0 Å². The second-order valence-corrected chi connectivity index (χ2v) is 3.03. The van der Waals surface area contributed by atoms with E-state index in [-0.39, 0.29) is 5.92 Å². The SMILES string of the molecule is COCc1nnc(C2CCOC2)o1. The van der Waals surface area contributed by atoms with Gasteiger partial charge in [-0.15, -0.1) is 10.2 Å². The third kappa shape index (κ3) is 1.87. The van der Waals surface area contributed by atoms with Crippen molar-refractivity contribution in [3.63, 3.8) is 0 Å². The van der Waals surface area contributed by atoms with Crippen molar-refractivity contribution in [1.82, 2.24) is 10.2 Å². The Bertz CT molecular complexity index is 268. The highest BCUT2D eigenvalue weighted by molar-refractivity contribution is 4.93. The molecule has 1 aromatic heterocycles. The van der Waals surface area contributed by atoms with Crippen molar-refractivity contribution < 1.29 is 13.9 Å². The van der Waals surface area contributed by atoms with E-state index in [9.17, 15) is 0 Å². The van der Waals surface area contributed by atoms with E-state index in [0.717, 1.165) is 13.0 Å². The Morgan fingerprint density at radius 3 is 3.15 bits per heavy atom. The van der Waals surface area contributed by atoms with Crippen LogP contribution in [0.1, 0.15) is 24.1 Å². The first-order valence-electron chi connectivity index (χ1n) is 4.29. The number of ether oxygens (including phenoxy) is 2. The molecule has 1 atom stereocenters. The number of aromatic nitrogens is 2. The van der Waals surface area contributed by atoms with Gasteiger partial charge in [0.1, 0.15) is 6.61 Å². The molecule has 72 valence electrons. The molecule has 0 radical (unpaired) electrons. The van der Waals surface area contributed by atoms with E-state index in [1.165, 1.54) is 0 Å². The van der Waals surface area contributed by atoms with Crippen molar-refractivity contribution in [1.29, 1.82) is 0 Å². The summed E-state index contributed by atoms with van der Waals surface area (Å²) in [5, 5.41) is 7.79. The lowest BCUT2D eigenvalue weighted by molar-refractivity contribution is 0.156. The van der Waals surface area contributed by atoms with Gasteiger partial charge in [0.05, 0.1) is 12.5 Å². The lowest BCUT2D eigenvalue weighted by Gasteiger charge is -1.98. The lowest BCUT2D eigenvalue weighted by atomic mass is 10.1. The van der Waals surface area contributed by atoms with Gasteiger partial charge in [-0.25, -0.2) is 0 Å². The smallest absolute Gasteiger partial charge is 0.242 e. The summed E-state index contributed by atoms with van der Waals surface area (Å²) >= 11 is 0. The highest BCUT2D eigenvalue weighted by atomic mass is 16.5. The van der Waals surface area contributed by atoms with Crippen molar-refractivity contribution in [3.05, 3.63) is 11.8 Å². The van der Waals surface area contributed by atoms with Gasteiger partial charge in [-0.05, 0) is 6.42 Å². The topological polar surface area (TPSA) is 57.4 Å². The van der Waals surface area contributed by atoms with Crippen LogP contribution in [0.15, 0.2) is 4.42 Å². The van der Waals surface area contributed by atoms with Gasteiger partial charge in [0, 0.05) is 13.7 Å². The molecule has 0 N–H and O–H groups in total. The van der Waals surface area contributed by atoms with E-state index in [1.807, 2.05) is 0 Å². The molecule has 1 aliphatic rings. The van der Waals surface area contributed by atoms with Crippen molar-refractivity contribution in [3.8, 4) is 0 Å². The molecular formula is C8H12N2O3. The Kier molecular flexibility index (Phi) is 2.56. The van der Waals surface area contributed by atoms with Crippen molar-refractivity contribution in [2.45, 2.75) is 18.9 Å². The Balaban J connectivity index is 2.03. The zero-order valence-corrected chi connectivity index (χ0v) is 7.52. The third-order valence-electron chi connectivity index (χ3n) is 2.03. The van der Waals surface area contributed by atoms with E-state index in [0.29, 0.717) is 25.0 Å². The number of hydrogen-bond acceptors (Lipinski definition) is 5. The quantitative estimate of drug-likeness (QED) is 0.692. The van der Waals surface area contributed by atoms with Crippen LogP contribution in [0.3, 0.4) is 0 Å². The second-order valence-electron chi connectivity index (χ2n) is 3.03. The third-order valence-corrected chi connectivity index (χ3v) is 2.03. The van der Waals surface area contributed by atoms with Crippen LogP contribution in [-0.4, -0.2) is 30.5 Å². The Labute approximate surface area is 76.0 Å². The Morgan fingerprint density at radius 1 is 1.54 bits per heavy atom. The van der Waals surface area contributed by atoms with Crippen molar-refractivity contribution in [2.75, 3.05) is 20.3 Å². The molecule has 0 amide bonds. The van der Waals surface area contributed by atoms with E-state index < -0.39 is 0 Å². The highest BCUT2D eigenvalue weighted by Crippen LogP contribution is 2.23. The van der Waals surface area contributed by atoms with Gasteiger partial charge in [0.2, 0.25) is 11.8 Å². The minimum atomic E-state index is 0.276. The van der Waals surface area contributed by atoms with Crippen LogP contribution < -0.4 is 0 Å². The summed E-state index contributed by atoms with van der Waals surface area (Å²) in [5.74, 6) is 1.48. The van der Waals surface area contributed by atoms with E-state index in [1.54, 1.807) is 7.11 Å². The zero-order valence-electron chi connectivity index (χ0n) is 7.52. The molecule has 13 heavy (non-hydrogen) atoms.